The van der Waals surface area contributed by atoms with Gasteiger partial charge in [0.15, 0.2) is 6.10 Å². The van der Waals surface area contributed by atoms with Gasteiger partial charge in [-0.1, -0.05) is 12.8 Å². The number of carbonyl (C=O) groups is 4. The summed E-state index contributed by atoms with van der Waals surface area (Å²) in [5.41, 5.74) is 0.320. The predicted octanol–water partition coefficient (Wildman–Crippen LogP) is 2.05. The largest absolute Gasteiger partial charge is 0.451 e. The fraction of sp³-hybridized carbons (Fsp3) is 0.526. The molecule has 3 amide bonds. The molecular formula is C19H21N3O5S. The first-order valence-electron chi connectivity index (χ1n) is 9.21. The van der Waals surface area contributed by atoms with E-state index in [0.717, 1.165) is 17.7 Å². The molecule has 0 unspecified atom stereocenters. The number of likely N-dealkylation sites (tertiary alicyclic amines) is 1. The zero-order valence-corrected chi connectivity index (χ0v) is 16.5. The number of nitriles is 1. The van der Waals surface area contributed by atoms with Gasteiger partial charge in [0.05, 0.1) is 17.4 Å². The molecule has 1 aliphatic heterocycles. The summed E-state index contributed by atoms with van der Waals surface area (Å²) in [7, 11) is 0. The number of nitrogens with one attached hydrogen (secondary N) is 1. The average molecular weight is 403 g/mol. The highest BCUT2D eigenvalue weighted by Crippen LogP contribution is 2.39. The molecule has 2 fully saturated rings. The molecule has 0 spiro atoms. The lowest BCUT2D eigenvalue weighted by Crippen LogP contribution is -2.46. The summed E-state index contributed by atoms with van der Waals surface area (Å²) in [4.78, 5) is 50.9. The van der Waals surface area contributed by atoms with Crippen LogP contribution in [0.3, 0.4) is 0 Å². The van der Waals surface area contributed by atoms with Crippen LogP contribution in [-0.2, 0) is 23.9 Å². The molecule has 148 valence electrons. The Balaban J connectivity index is 1.62. The third kappa shape index (κ3) is 3.64. The van der Waals surface area contributed by atoms with Gasteiger partial charge in [-0.15, -0.1) is 11.3 Å². The van der Waals surface area contributed by atoms with Gasteiger partial charge in [-0.3, -0.25) is 19.3 Å². The molecule has 0 aromatic carbocycles. The standard InChI is InChI=1S/C19H21N3O5S/c1-10(22-17(24)13-5-3-4-6-14(13)18(22)25)19(26)27-11(2)15(23)21-16-12(9-20)7-8-28-16/h7-8,10-11,13-14H,3-6H2,1-2H3,(H,21,23)/t10-,11+,13-,14-/m0/s1. The Bertz CT molecular complexity index is 834. The summed E-state index contributed by atoms with van der Waals surface area (Å²) in [5.74, 6) is -2.75. The van der Waals surface area contributed by atoms with Crippen molar-refractivity contribution in [2.45, 2.75) is 51.7 Å². The van der Waals surface area contributed by atoms with Crippen LogP contribution >= 0.6 is 11.3 Å². The van der Waals surface area contributed by atoms with Gasteiger partial charge in [0.2, 0.25) is 11.8 Å². The SMILES string of the molecule is C[C@@H](OC(=O)[C@H](C)N1C(=O)[C@H]2CCCC[C@@H]2C1=O)C(=O)Nc1sccc1C#N. The van der Waals surface area contributed by atoms with Crippen LogP contribution in [0.15, 0.2) is 11.4 Å². The molecule has 2 heterocycles. The number of amides is 3. The van der Waals surface area contributed by atoms with Gasteiger partial charge in [-0.25, -0.2) is 4.79 Å². The summed E-state index contributed by atoms with van der Waals surface area (Å²) in [6, 6.07) is 2.44. The average Bonchev–Trinajstić information content (AvgIpc) is 3.23. The number of ether oxygens (including phenoxy) is 1. The van der Waals surface area contributed by atoms with Crippen molar-refractivity contribution in [1.82, 2.24) is 4.90 Å². The van der Waals surface area contributed by atoms with Crippen LogP contribution < -0.4 is 5.32 Å². The summed E-state index contributed by atoms with van der Waals surface area (Å²) in [6.45, 7) is 2.83. The number of anilines is 1. The molecule has 1 aliphatic carbocycles. The van der Waals surface area contributed by atoms with Crippen molar-refractivity contribution in [2.24, 2.45) is 11.8 Å². The molecule has 1 aromatic rings. The van der Waals surface area contributed by atoms with E-state index >= 15 is 0 Å². The Kier molecular flexibility index (Phi) is 5.79. The van der Waals surface area contributed by atoms with Crippen molar-refractivity contribution in [3.05, 3.63) is 17.0 Å². The quantitative estimate of drug-likeness (QED) is 0.594. The van der Waals surface area contributed by atoms with E-state index in [1.165, 1.54) is 25.2 Å². The minimum atomic E-state index is -1.14. The highest BCUT2D eigenvalue weighted by Gasteiger charge is 2.51. The van der Waals surface area contributed by atoms with Gasteiger partial charge >= 0.3 is 5.97 Å². The molecule has 28 heavy (non-hydrogen) atoms. The highest BCUT2D eigenvalue weighted by atomic mass is 32.1. The Labute approximate surface area is 166 Å². The van der Waals surface area contributed by atoms with E-state index in [1.807, 2.05) is 6.07 Å². The lowest BCUT2D eigenvalue weighted by atomic mass is 9.81. The molecule has 2 aliphatic rings. The second kappa shape index (κ2) is 8.10. The van der Waals surface area contributed by atoms with Crippen LogP contribution in [0.25, 0.3) is 0 Å². The second-order valence-electron chi connectivity index (χ2n) is 7.06. The zero-order valence-electron chi connectivity index (χ0n) is 15.6. The van der Waals surface area contributed by atoms with Crippen molar-refractivity contribution in [3.8, 4) is 6.07 Å². The van der Waals surface area contributed by atoms with Crippen LogP contribution in [0.4, 0.5) is 5.00 Å². The number of nitrogens with zero attached hydrogens (tertiary/aromatic N) is 2. The number of esters is 1. The second-order valence-corrected chi connectivity index (χ2v) is 7.98. The van der Waals surface area contributed by atoms with Crippen molar-refractivity contribution in [3.63, 3.8) is 0 Å². The molecule has 0 radical (unpaired) electrons. The van der Waals surface area contributed by atoms with E-state index < -0.39 is 24.0 Å². The minimum Gasteiger partial charge on any atom is -0.451 e. The van der Waals surface area contributed by atoms with E-state index in [-0.39, 0.29) is 23.7 Å². The predicted molar refractivity (Wildman–Crippen MR) is 100.0 cm³/mol. The molecule has 0 bridgehead atoms. The number of carbonyl (C=O) groups excluding carboxylic acids is 4. The molecule has 1 N–H and O–H groups in total. The third-order valence-electron chi connectivity index (χ3n) is 5.29. The first-order chi connectivity index (χ1) is 13.3. The van der Waals surface area contributed by atoms with E-state index in [4.69, 9.17) is 10.00 Å². The minimum absolute atomic E-state index is 0.320. The normalized spacial score (nSPS) is 23.5. The topological polar surface area (TPSA) is 117 Å². The zero-order chi connectivity index (χ0) is 20.4. The Morgan fingerprint density at radius 2 is 1.86 bits per heavy atom. The number of hydrogen-bond acceptors (Lipinski definition) is 7. The van der Waals surface area contributed by atoms with Crippen LogP contribution in [-0.4, -0.2) is 40.7 Å². The first kappa shape index (κ1) is 20.0. The van der Waals surface area contributed by atoms with Crippen molar-refractivity contribution < 1.29 is 23.9 Å². The number of rotatable bonds is 5. The fourth-order valence-corrected chi connectivity index (χ4v) is 4.45. The van der Waals surface area contributed by atoms with Crippen molar-refractivity contribution in [1.29, 1.82) is 5.26 Å². The van der Waals surface area contributed by atoms with E-state index in [2.05, 4.69) is 5.32 Å². The molecule has 1 aromatic heterocycles. The summed E-state index contributed by atoms with van der Waals surface area (Å²) < 4.78 is 5.18. The number of thiophene rings is 1. The van der Waals surface area contributed by atoms with Gasteiger partial charge in [-0.2, -0.15) is 5.26 Å². The smallest absolute Gasteiger partial charge is 0.329 e. The summed E-state index contributed by atoms with van der Waals surface area (Å²) >= 11 is 1.18. The highest BCUT2D eigenvalue weighted by molar-refractivity contribution is 7.14. The Hall–Kier alpha value is -2.73. The number of imide groups is 1. The maximum Gasteiger partial charge on any atom is 0.329 e. The van der Waals surface area contributed by atoms with Gasteiger partial charge in [0.1, 0.15) is 17.1 Å². The number of hydrogen-bond donors (Lipinski definition) is 1. The molecule has 1 saturated heterocycles. The van der Waals surface area contributed by atoms with Gasteiger partial charge in [0, 0.05) is 0 Å². The van der Waals surface area contributed by atoms with Crippen molar-refractivity contribution in [2.75, 3.05) is 5.32 Å². The van der Waals surface area contributed by atoms with Crippen LogP contribution in [0.2, 0.25) is 0 Å². The maximum atomic E-state index is 12.6. The molecule has 8 nitrogen and oxygen atoms in total. The Morgan fingerprint density at radius 3 is 2.43 bits per heavy atom. The van der Waals surface area contributed by atoms with E-state index in [1.54, 1.807) is 11.4 Å². The lowest BCUT2D eigenvalue weighted by Gasteiger charge is -2.23. The monoisotopic (exact) mass is 403 g/mol. The third-order valence-corrected chi connectivity index (χ3v) is 6.12. The maximum absolute atomic E-state index is 12.6. The Morgan fingerprint density at radius 1 is 1.25 bits per heavy atom. The molecule has 3 rings (SSSR count). The van der Waals surface area contributed by atoms with Crippen LogP contribution in [0.1, 0.15) is 45.1 Å². The van der Waals surface area contributed by atoms with Gasteiger partial charge in [0.25, 0.3) is 5.91 Å². The van der Waals surface area contributed by atoms with E-state index in [0.29, 0.717) is 23.4 Å². The van der Waals surface area contributed by atoms with Crippen molar-refractivity contribution >= 4 is 40.0 Å². The van der Waals surface area contributed by atoms with Gasteiger partial charge < -0.3 is 10.1 Å². The molecule has 9 heteroatoms. The van der Waals surface area contributed by atoms with Crippen LogP contribution in [0, 0.1) is 23.2 Å². The molecule has 4 atom stereocenters. The van der Waals surface area contributed by atoms with E-state index in [9.17, 15) is 19.2 Å². The number of fused-ring (bicyclic) bond motifs is 1. The molecule has 1 saturated carbocycles. The first-order valence-corrected chi connectivity index (χ1v) is 10.1. The van der Waals surface area contributed by atoms with Gasteiger partial charge in [-0.05, 0) is 38.1 Å². The fourth-order valence-electron chi connectivity index (χ4n) is 3.71. The summed E-state index contributed by atoms with van der Waals surface area (Å²) in [5, 5.41) is 13.6. The summed E-state index contributed by atoms with van der Waals surface area (Å²) in [6.07, 6.45) is 1.98. The van der Waals surface area contributed by atoms with Crippen LogP contribution in [0.5, 0.6) is 0 Å². The lowest BCUT2D eigenvalue weighted by molar-refractivity contribution is -0.163. The molecular weight excluding hydrogens is 382 g/mol.